The van der Waals surface area contributed by atoms with Gasteiger partial charge in [0.25, 0.3) is 0 Å². The van der Waals surface area contributed by atoms with Crippen LogP contribution in [0.1, 0.15) is 49.6 Å². The molecule has 0 radical (unpaired) electrons. The van der Waals surface area contributed by atoms with Crippen LogP contribution in [0.5, 0.6) is 0 Å². The van der Waals surface area contributed by atoms with Crippen LogP contribution < -0.4 is 5.32 Å². The van der Waals surface area contributed by atoms with Crippen molar-refractivity contribution in [3.8, 4) is 11.1 Å². The van der Waals surface area contributed by atoms with Gasteiger partial charge >= 0.3 is 0 Å². The average molecular weight is 283 g/mol. The molecule has 3 rings (SSSR count). The first-order valence-electron chi connectivity index (χ1n) is 8.14. The van der Waals surface area contributed by atoms with Crippen molar-refractivity contribution in [2.75, 3.05) is 6.54 Å². The van der Waals surface area contributed by atoms with Crippen LogP contribution in [0, 0.1) is 6.92 Å². The van der Waals surface area contributed by atoms with E-state index in [9.17, 15) is 0 Å². The van der Waals surface area contributed by atoms with Crippen LogP contribution in [0.3, 0.4) is 0 Å². The molecule has 3 nitrogen and oxygen atoms in total. The van der Waals surface area contributed by atoms with Crippen LogP contribution in [-0.2, 0) is 13.0 Å². The molecule has 2 aromatic rings. The van der Waals surface area contributed by atoms with E-state index in [-0.39, 0.29) is 0 Å². The number of rotatable bonds is 5. The first-order valence-corrected chi connectivity index (χ1v) is 8.14. The van der Waals surface area contributed by atoms with E-state index < -0.39 is 0 Å². The molecule has 1 N–H and O–H groups in total. The third-order valence-corrected chi connectivity index (χ3v) is 4.41. The molecule has 1 aliphatic rings. The molecule has 1 aliphatic carbocycles. The van der Waals surface area contributed by atoms with Gasteiger partial charge < -0.3 is 5.32 Å². The number of aryl methyl sites for hydroxylation is 2. The summed E-state index contributed by atoms with van der Waals surface area (Å²) in [6, 6.07) is 7.26. The lowest BCUT2D eigenvalue weighted by molar-refractivity contribution is 0.549. The highest BCUT2D eigenvalue weighted by atomic mass is 15.3. The second-order valence-electron chi connectivity index (χ2n) is 5.91. The molecule has 112 valence electrons. The van der Waals surface area contributed by atoms with E-state index in [2.05, 4.69) is 60.3 Å². The largest absolute Gasteiger partial charge is 0.310 e. The normalized spacial score (nSPS) is 17.2. The lowest BCUT2D eigenvalue weighted by atomic mass is 9.97. The van der Waals surface area contributed by atoms with E-state index in [1.54, 1.807) is 0 Å². The molecule has 0 saturated carbocycles. The SMILES string of the molecule is CCCn1cc(-c2cccc3c2CCC3NCC)c(C)n1. The van der Waals surface area contributed by atoms with Crippen LogP contribution in [0.25, 0.3) is 11.1 Å². The van der Waals surface area contributed by atoms with E-state index in [1.165, 1.54) is 35.1 Å². The van der Waals surface area contributed by atoms with Gasteiger partial charge in [-0.3, -0.25) is 4.68 Å². The summed E-state index contributed by atoms with van der Waals surface area (Å²) in [6.07, 6.45) is 5.72. The number of hydrogen-bond acceptors (Lipinski definition) is 2. The Labute approximate surface area is 127 Å². The van der Waals surface area contributed by atoms with E-state index in [0.29, 0.717) is 6.04 Å². The molecule has 0 bridgehead atoms. The second kappa shape index (κ2) is 6.02. The predicted molar refractivity (Wildman–Crippen MR) is 87.4 cm³/mol. The number of aromatic nitrogens is 2. The standard InChI is InChI=1S/C18H25N3/c1-4-11-21-12-17(13(3)20-21)14-7-6-8-16-15(14)9-10-18(16)19-5-2/h6-8,12,18-19H,4-5,9-11H2,1-3H3. The summed E-state index contributed by atoms with van der Waals surface area (Å²) in [7, 11) is 0. The third-order valence-electron chi connectivity index (χ3n) is 4.41. The molecule has 1 atom stereocenters. The summed E-state index contributed by atoms with van der Waals surface area (Å²) >= 11 is 0. The van der Waals surface area contributed by atoms with E-state index >= 15 is 0 Å². The Bertz CT molecular complexity index is 627. The number of hydrogen-bond donors (Lipinski definition) is 1. The van der Waals surface area contributed by atoms with Gasteiger partial charge in [-0.15, -0.1) is 0 Å². The maximum Gasteiger partial charge on any atom is 0.0672 e. The molecule has 0 aliphatic heterocycles. The molecule has 0 amide bonds. The molecule has 0 spiro atoms. The van der Waals surface area contributed by atoms with Gasteiger partial charge in [0.05, 0.1) is 5.69 Å². The van der Waals surface area contributed by atoms with Crippen molar-refractivity contribution in [2.45, 2.75) is 52.6 Å². The van der Waals surface area contributed by atoms with Crippen molar-refractivity contribution in [2.24, 2.45) is 0 Å². The minimum absolute atomic E-state index is 0.524. The molecule has 0 fully saturated rings. The second-order valence-corrected chi connectivity index (χ2v) is 5.91. The summed E-state index contributed by atoms with van der Waals surface area (Å²) < 4.78 is 2.08. The third kappa shape index (κ3) is 2.62. The summed E-state index contributed by atoms with van der Waals surface area (Å²) in [4.78, 5) is 0. The number of fused-ring (bicyclic) bond motifs is 1. The van der Waals surface area contributed by atoms with Crippen molar-refractivity contribution in [1.29, 1.82) is 0 Å². The average Bonchev–Trinajstić information content (AvgIpc) is 3.04. The highest BCUT2D eigenvalue weighted by Gasteiger charge is 2.25. The van der Waals surface area contributed by atoms with Gasteiger partial charge in [0.2, 0.25) is 0 Å². The van der Waals surface area contributed by atoms with E-state index in [4.69, 9.17) is 0 Å². The fourth-order valence-corrected chi connectivity index (χ4v) is 3.49. The van der Waals surface area contributed by atoms with Gasteiger partial charge in [0, 0.05) is 24.3 Å². The van der Waals surface area contributed by atoms with Crippen molar-refractivity contribution < 1.29 is 0 Å². The molecule has 1 heterocycles. The lowest BCUT2D eigenvalue weighted by Crippen LogP contribution is -2.18. The first-order chi connectivity index (χ1) is 10.2. The predicted octanol–water partition coefficient (Wildman–Crippen LogP) is 3.87. The summed E-state index contributed by atoms with van der Waals surface area (Å²) in [5.41, 5.74) is 6.83. The lowest BCUT2D eigenvalue weighted by Gasteiger charge is -2.13. The van der Waals surface area contributed by atoms with Gasteiger partial charge in [-0.25, -0.2) is 0 Å². The van der Waals surface area contributed by atoms with Gasteiger partial charge in [0.1, 0.15) is 0 Å². The Balaban J connectivity index is 2.01. The van der Waals surface area contributed by atoms with Gasteiger partial charge in [-0.05, 0) is 49.4 Å². The monoisotopic (exact) mass is 283 g/mol. The Morgan fingerprint density at radius 2 is 2.14 bits per heavy atom. The van der Waals surface area contributed by atoms with E-state index in [1.807, 2.05) is 0 Å². The van der Waals surface area contributed by atoms with Gasteiger partial charge in [-0.1, -0.05) is 32.0 Å². The molecule has 1 aromatic heterocycles. The highest BCUT2D eigenvalue weighted by Crippen LogP contribution is 2.38. The fraction of sp³-hybridized carbons (Fsp3) is 0.500. The van der Waals surface area contributed by atoms with Crippen LogP contribution in [0.15, 0.2) is 24.4 Å². The van der Waals surface area contributed by atoms with Gasteiger partial charge in [0.15, 0.2) is 0 Å². The Kier molecular flexibility index (Phi) is 4.11. The Morgan fingerprint density at radius 3 is 2.90 bits per heavy atom. The molecule has 1 aromatic carbocycles. The number of nitrogens with zero attached hydrogens (tertiary/aromatic N) is 2. The number of benzene rings is 1. The van der Waals surface area contributed by atoms with Crippen molar-refractivity contribution >= 4 is 0 Å². The van der Waals surface area contributed by atoms with Crippen molar-refractivity contribution in [3.63, 3.8) is 0 Å². The number of nitrogens with one attached hydrogen (secondary N) is 1. The topological polar surface area (TPSA) is 29.9 Å². The zero-order chi connectivity index (χ0) is 14.8. The van der Waals surface area contributed by atoms with Crippen LogP contribution in [0.2, 0.25) is 0 Å². The summed E-state index contributed by atoms with van der Waals surface area (Å²) in [6.45, 7) is 8.52. The van der Waals surface area contributed by atoms with Crippen molar-refractivity contribution in [3.05, 3.63) is 41.2 Å². The Hall–Kier alpha value is -1.61. The molecule has 0 saturated heterocycles. The maximum absolute atomic E-state index is 4.66. The molecular weight excluding hydrogens is 258 g/mol. The van der Waals surface area contributed by atoms with Crippen LogP contribution in [-0.4, -0.2) is 16.3 Å². The van der Waals surface area contributed by atoms with Crippen molar-refractivity contribution in [1.82, 2.24) is 15.1 Å². The molecule has 21 heavy (non-hydrogen) atoms. The maximum atomic E-state index is 4.66. The van der Waals surface area contributed by atoms with Crippen LogP contribution >= 0.6 is 0 Å². The zero-order valence-electron chi connectivity index (χ0n) is 13.3. The quantitative estimate of drug-likeness (QED) is 0.903. The molecule has 1 unspecified atom stereocenters. The Morgan fingerprint density at radius 1 is 1.29 bits per heavy atom. The first kappa shape index (κ1) is 14.3. The fourth-order valence-electron chi connectivity index (χ4n) is 3.49. The minimum Gasteiger partial charge on any atom is -0.310 e. The minimum atomic E-state index is 0.524. The highest BCUT2D eigenvalue weighted by molar-refractivity contribution is 5.71. The summed E-state index contributed by atoms with van der Waals surface area (Å²) in [5.74, 6) is 0. The van der Waals surface area contributed by atoms with Gasteiger partial charge in [-0.2, -0.15) is 5.10 Å². The van der Waals surface area contributed by atoms with Crippen LogP contribution in [0.4, 0.5) is 0 Å². The zero-order valence-corrected chi connectivity index (χ0v) is 13.3. The molecule has 3 heteroatoms. The smallest absolute Gasteiger partial charge is 0.0672 e. The summed E-state index contributed by atoms with van der Waals surface area (Å²) in [5, 5.41) is 8.26. The van der Waals surface area contributed by atoms with E-state index in [0.717, 1.165) is 25.2 Å². The molecular formula is C18H25N3.